The third-order valence-corrected chi connectivity index (χ3v) is 3.16. The zero-order chi connectivity index (χ0) is 14.0. The molecule has 19 heavy (non-hydrogen) atoms. The van der Waals surface area contributed by atoms with Crippen LogP contribution >= 0.6 is 0 Å². The Balaban J connectivity index is 2.35. The van der Waals surface area contributed by atoms with Crippen LogP contribution in [-0.2, 0) is 0 Å². The van der Waals surface area contributed by atoms with Gasteiger partial charge in [-0.15, -0.1) is 0 Å². The summed E-state index contributed by atoms with van der Waals surface area (Å²) in [6.45, 7) is 2.60. The molecule has 102 valence electrons. The molecule has 0 saturated heterocycles. The number of nitro groups is 1. The maximum absolute atomic E-state index is 12.5. The molecule has 0 unspecified atom stereocenters. The fraction of sp³-hybridized carbons (Fsp3) is 0.462. The van der Waals surface area contributed by atoms with Gasteiger partial charge >= 0.3 is 0 Å². The first-order chi connectivity index (χ1) is 9.04. The smallest absolute Gasteiger partial charge is 0.282 e. The topological polar surface area (TPSA) is 89.5 Å². The summed E-state index contributed by atoms with van der Waals surface area (Å²) in [6, 6.07) is 4.36. The number of nitrogens with zero attached hydrogens (tertiary/aromatic N) is 2. The molecule has 6 nitrogen and oxygen atoms in total. The van der Waals surface area contributed by atoms with E-state index in [1.165, 1.54) is 18.2 Å². The van der Waals surface area contributed by atoms with Crippen LogP contribution in [0.15, 0.2) is 18.2 Å². The molecule has 2 N–H and O–H groups in total. The van der Waals surface area contributed by atoms with E-state index in [1.54, 1.807) is 4.90 Å². The third-order valence-electron chi connectivity index (χ3n) is 3.16. The van der Waals surface area contributed by atoms with Crippen LogP contribution < -0.4 is 5.73 Å². The first-order valence-corrected chi connectivity index (χ1v) is 6.39. The van der Waals surface area contributed by atoms with Crippen LogP contribution in [0.25, 0.3) is 0 Å². The van der Waals surface area contributed by atoms with Crippen LogP contribution in [0.5, 0.6) is 0 Å². The number of carbonyl (C=O) groups excluding carboxylic acids is 1. The zero-order valence-electron chi connectivity index (χ0n) is 10.8. The van der Waals surface area contributed by atoms with E-state index in [1.807, 2.05) is 6.92 Å². The van der Waals surface area contributed by atoms with Crippen molar-refractivity contribution in [2.45, 2.75) is 32.2 Å². The van der Waals surface area contributed by atoms with Crippen molar-refractivity contribution in [1.82, 2.24) is 4.90 Å². The second kappa shape index (κ2) is 5.26. The summed E-state index contributed by atoms with van der Waals surface area (Å²) in [4.78, 5) is 24.6. The molecule has 1 saturated carbocycles. The highest BCUT2D eigenvalue weighted by molar-refractivity contribution is 5.99. The maximum atomic E-state index is 12.5. The van der Waals surface area contributed by atoms with Gasteiger partial charge in [0, 0.05) is 24.3 Å². The van der Waals surface area contributed by atoms with Crippen molar-refractivity contribution in [2.75, 3.05) is 12.3 Å². The monoisotopic (exact) mass is 263 g/mol. The standard InChI is InChI=1S/C13H17N3O3/c1-2-7-15(10-4-5-10)13(17)11-8-9(14)3-6-12(11)16(18)19/h3,6,8,10H,2,4-5,7,14H2,1H3. The minimum atomic E-state index is -0.538. The van der Waals surface area contributed by atoms with E-state index in [0.29, 0.717) is 12.2 Å². The summed E-state index contributed by atoms with van der Waals surface area (Å²) in [6.07, 6.45) is 2.78. The molecule has 2 rings (SSSR count). The number of nitrogens with two attached hydrogens (primary N) is 1. The molecule has 0 bridgehead atoms. The average molecular weight is 263 g/mol. The highest BCUT2D eigenvalue weighted by Gasteiger charge is 2.34. The van der Waals surface area contributed by atoms with Gasteiger partial charge in [0.2, 0.25) is 0 Å². The van der Waals surface area contributed by atoms with Crippen molar-refractivity contribution in [3.8, 4) is 0 Å². The Kier molecular flexibility index (Phi) is 3.69. The number of amides is 1. The first-order valence-electron chi connectivity index (χ1n) is 6.39. The van der Waals surface area contributed by atoms with Crippen LogP contribution in [0.3, 0.4) is 0 Å². The van der Waals surface area contributed by atoms with E-state index in [9.17, 15) is 14.9 Å². The van der Waals surface area contributed by atoms with Crippen molar-refractivity contribution >= 4 is 17.3 Å². The van der Waals surface area contributed by atoms with E-state index in [-0.39, 0.29) is 23.2 Å². The number of hydrogen-bond acceptors (Lipinski definition) is 4. The lowest BCUT2D eigenvalue weighted by atomic mass is 10.1. The molecule has 1 aliphatic carbocycles. The normalized spacial score (nSPS) is 14.2. The summed E-state index contributed by atoms with van der Waals surface area (Å²) in [7, 11) is 0. The lowest BCUT2D eigenvalue weighted by Crippen LogP contribution is -2.34. The van der Waals surface area contributed by atoms with E-state index >= 15 is 0 Å². The number of benzene rings is 1. The van der Waals surface area contributed by atoms with Gasteiger partial charge in [0.1, 0.15) is 5.56 Å². The van der Waals surface area contributed by atoms with Gasteiger partial charge in [0.05, 0.1) is 4.92 Å². The Hall–Kier alpha value is -2.11. The number of anilines is 1. The molecule has 0 radical (unpaired) electrons. The molecule has 0 aliphatic heterocycles. The maximum Gasteiger partial charge on any atom is 0.282 e. The largest absolute Gasteiger partial charge is 0.399 e. The molecule has 1 aromatic carbocycles. The first kappa shape index (κ1) is 13.3. The van der Waals surface area contributed by atoms with Crippen molar-refractivity contribution in [2.24, 2.45) is 0 Å². The lowest BCUT2D eigenvalue weighted by molar-refractivity contribution is -0.385. The van der Waals surface area contributed by atoms with Gasteiger partial charge in [-0.1, -0.05) is 6.92 Å². The Morgan fingerprint density at radius 2 is 2.21 bits per heavy atom. The molecule has 1 amide bonds. The van der Waals surface area contributed by atoms with Crippen LogP contribution in [0.4, 0.5) is 11.4 Å². The van der Waals surface area contributed by atoms with E-state index < -0.39 is 4.92 Å². The molecule has 6 heteroatoms. The number of rotatable bonds is 5. The molecule has 1 aromatic rings. The average Bonchev–Trinajstić information content (AvgIpc) is 3.19. The predicted octanol–water partition coefficient (Wildman–Crippen LogP) is 2.19. The molecule has 1 fully saturated rings. The van der Waals surface area contributed by atoms with E-state index in [4.69, 9.17) is 5.73 Å². The Morgan fingerprint density at radius 3 is 2.74 bits per heavy atom. The summed E-state index contributed by atoms with van der Waals surface area (Å²) in [5, 5.41) is 11.0. The minimum absolute atomic E-state index is 0.0883. The highest BCUT2D eigenvalue weighted by atomic mass is 16.6. The fourth-order valence-electron chi connectivity index (χ4n) is 2.12. The third kappa shape index (κ3) is 2.83. The Labute approximate surface area is 111 Å². The quantitative estimate of drug-likeness (QED) is 0.501. The van der Waals surface area contributed by atoms with Crippen molar-refractivity contribution in [1.29, 1.82) is 0 Å². The summed E-state index contributed by atoms with van der Waals surface area (Å²) in [5.41, 5.74) is 5.91. The summed E-state index contributed by atoms with van der Waals surface area (Å²) < 4.78 is 0. The van der Waals surface area contributed by atoms with Gasteiger partial charge < -0.3 is 10.6 Å². The predicted molar refractivity (Wildman–Crippen MR) is 71.9 cm³/mol. The van der Waals surface area contributed by atoms with E-state index in [0.717, 1.165) is 19.3 Å². The number of hydrogen-bond donors (Lipinski definition) is 1. The number of nitro benzene ring substituents is 1. The fourth-order valence-corrected chi connectivity index (χ4v) is 2.12. The second-order valence-corrected chi connectivity index (χ2v) is 4.76. The molecule has 1 aliphatic rings. The van der Waals surface area contributed by atoms with Crippen LogP contribution in [0.2, 0.25) is 0 Å². The summed E-state index contributed by atoms with van der Waals surface area (Å²) in [5.74, 6) is -0.289. The number of carbonyl (C=O) groups is 1. The van der Waals surface area contributed by atoms with E-state index in [2.05, 4.69) is 0 Å². The molecule has 0 spiro atoms. The minimum Gasteiger partial charge on any atom is -0.399 e. The Bertz CT molecular complexity index is 512. The lowest BCUT2D eigenvalue weighted by Gasteiger charge is -2.21. The highest BCUT2D eigenvalue weighted by Crippen LogP contribution is 2.31. The molecule has 0 heterocycles. The summed E-state index contributed by atoms with van der Waals surface area (Å²) >= 11 is 0. The van der Waals surface area contributed by atoms with Gasteiger partial charge in [0.25, 0.3) is 11.6 Å². The van der Waals surface area contributed by atoms with Gasteiger partial charge in [-0.2, -0.15) is 0 Å². The Morgan fingerprint density at radius 1 is 1.53 bits per heavy atom. The molecular formula is C13H17N3O3. The molecular weight excluding hydrogens is 246 g/mol. The van der Waals surface area contributed by atoms with Gasteiger partial charge in [-0.3, -0.25) is 14.9 Å². The van der Waals surface area contributed by atoms with Crippen molar-refractivity contribution in [3.63, 3.8) is 0 Å². The second-order valence-electron chi connectivity index (χ2n) is 4.76. The zero-order valence-corrected chi connectivity index (χ0v) is 10.8. The van der Waals surface area contributed by atoms with Crippen LogP contribution in [0, 0.1) is 10.1 Å². The van der Waals surface area contributed by atoms with Gasteiger partial charge in [0.15, 0.2) is 0 Å². The number of nitrogen functional groups attached to an aromatic ring is 1. The van der Waals surface area contributed by atoms with Gasteiger partial charge in [-0.25, -0.2) is 0 Å². The van der Waals surface area contributed by atoms with Gasteiger partial charge in [-0.05, 0) is 31.4 Å². The molecule has 0 atom stereocenters. The molecule has 0 aromatic heterocycles. The SMILES string of the molecule is CCCN(C(=O)c1cc(N)ccc1[N+](=O)[O-])C1CC1. The van der Waals surface area contributed by atoms with Crippen molar-refractivity contribution in [3.05, 3.63) is 33.9 Å². The van der Waals surface area contributed by atoms with Crippen LogP contribution in [-0.4, -0.2) is 28.3 Å². The van der Waals surface area contributed by atoms with Crippen LogP contribution in [0.1, 0.15) is 36.5 Å². The van der Waals surface area contributed by atoms with Crippen molar-refractivity contribution < 1.29 is 9.72 Å².